The Morgan fingerprint density at radius 1 is 1.33 bits per heavy atom. The summed E-state index contributed by atoms with van der Waals surface area (Å²) in [5.41, 5.74) is 5.37. The second-order valence-corrected chi connectivity index (χ2v) is 3.74. The fraction of sp³-hybridized carbons (Fsp3) is 0.889. The number of hydrogen-bond donors (Lipinski definition) is 2. The number of carboxylic acids is 1. The number of nitrogens with two attached hydrogens (primary N) is 1. The molecule has 0 bridgehead atoms. The monoisotopic (exact) mass is 173 g/mol. The number of aliphatic carboxylic acids is 1. The maximum atomic E-state index is 10.4. The molecular formula is C9H19NO2. The second-order valence-electron chi connectivity index (χ2n) is 3.74. The molecule has 0 aliphatic carbocycles. The number of carbonyl (C=O) groups is 1. The average Bonchev–Trinajstić information content (AvgIpc) is 1.98. The predicted molar refractivity (Wildman–Crippen MR) is 48.8 cm³/mol. The van der Waals surface area contributed by atoms with Crippen LogP contribution >= 0.6 is 0 Å². The molecule has 0 aliphatic rings. The van der Waals surface area contributed by atoms with E-state index < -0.39 is 12.0 Å². The summed E-state index contributed by atoms with van der Waals surface area (Å²) < 4.78 is 0. The minimum absolute atomic E-state index is 0.551. The molecule has 3 heteroatoms. The number of hydrogen-bond acceptors (Lipinski definition) is 2. The van der Waals surface area contributed by atoms with Gasteiger partial charge in [-0.15, -0.1) is 0 Å². The second kappa shape index (κ2) is 5.14. The summed E-state index contributed by atoms with van der Waals surface area (Å²) >= 11 is 0. The van der Waals surface area contributed by atoms with Crippen LogP contribution in [0.3, 0.4) is 0 Å². The van der Waals surface area contributed by atoms with Crippen molar-refractivity contribution < 1.29 is 9.90 Å². The van der Waals surface area contributed by atoms with Crippen LogP contribution in [0, 0.1) is 11.8 Å². The molecule has 72 valence electrons. The third kappa shape index (κ3) is 4.34. The molecule has 0 heterocycles. The maximum Gasteiger partial charge on any atom is 0.320 e. The highest BCUT2D eigenvalue weighted by atomic mass is 16.4. The average molecular weight is 173 g/mol. The van der Waals surface area contributed by atoms with Gasteiger partial charge in [-0.25, -0.2) is 0 Å². The zero-order valence-corrected chi connectivity index (χ0v) is 8.08. The van der Waals surface area contributed by atoms with E-state index in [0.29, 0.717) is 18.3 Å². The summed E-state index contributed by atoms with van der Waals surface area (Å²) in [5.74, 6) is 0.257. The van der Waals surface area contributed by atoms with Gasteiger partial charge in [0.05, 0.1) is 0 Å². The normalized spacial score (nSPS) is 16.1. The van der Waals surface area contributed by atoms with E-state index in [0.717, 1.165) is 6.42 Å². The zero-order chi connectivity index (χ0) is 9.72. The Labute approximate surface area is 74.0 Å². The van der Waals surface area contributed by atoms with Crippen LogP contribution in [0.1, 0.15) is 33.6 Å². The van der Waals surface area contributed by atoms with Crippen LogP contribution in [0.5, 0.6) is 0 Å². The van der Waals surface area contributed by atoms with Crippen molar-refractivity contribution in [1.29, 1.82) is 0 Å². The quantitative estimate of drug-likeness (QED) is 0.661. The largest absolute Gasteiger partial charge is 0.480 e. The third-order valence-electron chi connectivity index (χ3n) is 2.39. The van der Waals surface area contributed by atoms with Gasteiger partial charge >= 0.3 is 5.97 Å². The van der Waals surface area contributed by atoms with Gasteiger partial charge in [0.1, 0.15) is 6.04 Å². The van der Waals surface area contributed by atoms with Gasteiger partial charge in [-0.2, -0.15) is 0 Å². The zero-order valence-electron chi connectivity index (χ0n) is 8.08. The third-order valence-corrected chi connectivity index (χ3v) is 2.39. The first-order valence-corrected chi connectivity index (χ1v) is 4.43. The standard InChI is InChI=1S/C9H19NO2/c1-6(2)7(3)4-5-8(10)9(11)12/h6-8H,4-5,10H2,1-3H3,(H,11,12)/t7-,8-/m0/s1. The Hall–Kier alpha value is -0.570. The van der Waals surface area contributed by atoms with Crippen molar-refractivity contribution in [3.8, 4) is 0 Å². The molecule has 0 radical (unpaired) electrons. The van der Waals surface area contributed by atoms with Crippen LogP contribution in [-0.2, 0) is 4.79 Å². The summed E-state index contributed by atoms with van der Waals surface area (Å²) in [5, 5.41) is 8.51. The fourth-order valence-electron chi connectivity index (χ4n) is 0.899. The Balaban J connectivity index is 3.61. The molecule has 12 heavy (non-hydrogen) atoms. The number of carboxylic acid groups (broad SMARTS) is 1. The van der Waals surface area contributed by atoms with E-state index in [9.17, 15) is 4.79 Å². The highest BCUT2D eigenvalue weighted by Crippen LogP contribution is 2.16. The van der Waals surface area contributed by atoms with Gasteiger partial charge in [0.25, 0.3) is 0 Å². The van der Waals surface area contributed by atoms with Crippen molar-refractivity contribution >= 4 is 5.97 Å². The molecule has 2 atom stereocenters. The van der Waals surface area contributed by atoms with Crippen molar-refractivity contribution in [1.82, 2.24) is 0 Å². The van der Waals surface area contributed by atoms with Crippen LogP contribution < -0.4 is 5.73 Å². The van der Waals surface area contributed by atoms with Crippen LogP contribution in [0.4, 0.5) is 0 Å². The highest BCUT2D eigenvalue weighted by Gasteiger charge is 2.14. The molecule has 0 aromatic carbocycles. The molecule has 3 nitrogen and oxygen atoms in total. The van der Waals surface area contributed by atoms with Gasteiger partial charge in [-0.05, 0) is 24.7 Å². The summed E-state index contributed by atoms with van der Waals surface area (Å²) in [4.78, 5) is 10.4. The summed E-state index contributed by atoms with van der Waals surface area (Å²) in [7, 11) is 0. The Morgan fingerprint density at radius 2 is 1.83 bits per heavy atom. The lowest BCUT2D eigenvalue weighted by molar-refractivity contribution is -0.138. The molecule has 0 fully saturated rings. The Kier molecular flexibility index (Phi) is 4.90. The van der Waals surface area contributed by atoms with E-state index in [1.807, 2.05) is 0 Å². The van der Waals surface area contributed by atoms with E-state index >= 15 is 0 Å². The van der Waals surface area contributed by atoms with Gasteiger partial charge in [0, 0.05) is 0 Å². The van der Waals surface area contributed by atoms with Gasteiger partial charge in [-0.3, -0.25) is 4.79 Å². The van der Waals surface area contributed by atoms with Crippen molar-refractivity contribution in [3.05, 3.63) is 0 Å². The van der Waals surface area contributed by atoms with E-state index in [-0.39, 0.29) is 0 Å². The van der Waals surface area contributed by atoms with E-state index in [4.69, 9.17) is 10.8 Å². The summed E-state index contributed by atoms with van der Waals surface area (Å²) in [6.45, 7) is 6.40. The van der Waals surface area contributed by atoms with Gasteiger partial charge in [-0.1, -0.05) is 20.8 Å². The topological polar surface area (TPSA) is 63.3 Å². The first-order chi connectivity index (χ1) is 5.45. The Morgan fingerprint density at radius 3 is 2.17 bits per heavy atom. The predicted octanol–water partition coefficient (Wildman–Crippen LogP) is 1.47. The van der Waals surface area contributed by atoms with Crippen molar-refractivity contribution in [2.75, 3.05) is 0 Å². The van der Waals surface area contributed by atoms with E-state index in [2.05, 4.69) is 20.8 Å². The molecule has 0 unspecified atom stereocenters. The van der Waals surface area contributed by atoms with Gasteiger partial charge in [0.2, 0.25) is 0 Å². The summed E-state index contributed by atoms with van der Waals surface area (Å²) in [6.07, 6.45) is 1.47. The lowest BCUT2D eigenvalue weighted by Gasteiger charge is -2.16. The van der Waals surface area contributed by atoms with Crippen LogP contribution in [0.2, 0.25) is 0 Å². The minimum Gasteiger partial charge on any atom is -0.480 e. The molecule has 0 spiro atoms. The first kappa shape index (κ1) is 11.4. The van der Waals surface area contributed by atoms with Gasteiger partial charge in [0.15, 0.2) is 0 Å². The van der Waals surface area contributed by atoms with Crippen LogP contribution in [0.25, 0.3) is 0 Å². The highest BCUT2D eigenvalue weighted by molar-refractivity contribution is 5.72. The molecule has 3 N–H and O–H groups in total. The van der Waals surface area contributed by atoms with Crippen LogP contribution in [-0.4, -0.2) is 17.1 Å². The van der Waals surface area contributed by atoms with Crippen LogP contribution in [0.15, 0.2) is 0 Å². The number of rotatable bonds is 5. The SMILES string of the molecule is CC(C)[C@@H](C)CC[C@H](N)C(=O)O. The molecule has 0 aromatic rings. The first-order valence-electron chi connectivity index (χ1n) is 4.43. The molecular weight excluding hydrogens is 154 g/mol. The smallest absolute Gasteiger partial charge is 0.320 e. The van der Waals surface area contributed by atoms with Crippen molar-refractivity contribution in [2.45, 2.75) is 39.7 Å². The lowest BCUT2D eigenvalue weighted by Crippen LogP contribution is -2.30. The molecule has 0 amide bonds. The fourth-order valence-corrected chi connectivity index (χ4v) is 0.899. The van der Waals surface area contributed by atoms with Crippen molar-refractivity contribution in [3.63, 3.8) is 0 Å². The molecule has 0 saturated carbocycles. The maximum absolute atomic E-state index is 10.4. The molecule has 0 saturated heterocycles. The molecule has 0 aliphatic heterocycles. The van der Waals surface area contributed by atoms with Gasteiger partial charge < -0.3 is 10.8 Å². The lowest BCUT2D eigenvalue weighted by atomic mass is 9.92. The molecule has 0 aromatic heterocycles. The van der Waals surface area contributed by atoms with E-state index in [1.165, 1.54) is 0 Å². The minimum atomic E-state index is -0.897. The summed E-state index contributed by atoms with van der Waals surface area (Å²) in [6, 6.07) is -0.689. The van der Waals surface area contributed by atoms with E-state index in [1.54, 1.807) is 0 Å². The Bertz CT molecular complexity index is 145. The molecule has 0 rings (SSSR count). The van der Waals surface area contributed by atoms with Crippen molar-refractivity contribution in [2.24, 2.45) is 17.6 Å².